The summed E-state index contributed by atoms with van der Waals surface area (Å²) >= 11 is 7.27. The molecule has 0 spiro atoms. The molecule has 13 nitrogen and oxygen atoms in total. The quantitative estimate of drug-likeness (QED) is 0.124. The van der Waals surface area contributed by atoms with E-state index >= 15 is 0 Å². The van der Waals surface area contributed by atoms with E-state index in [2.05, 4.69) is 39.3 Å². The van der Waals surface area contributed by atoms with E-state index in [0.29, 0.717) is 103 Å². The Hall–Kier alpha value is -5.33. The second-order valence-electron chi connectivity index (χ2n) is 16.6. The molecule has 310 valence electrons. The average molecular weight is 848 g/mol. The lowest BCUT2D eigenvalue weighted by atomic mass is 9.90. The molecule has 5 aromatic rings. The van der Waals surface area contributed by atoms with Crippen molar-refractivity contribution in [3.8, 4) is 45.7 Å². The van der Waals surface area contributed by atoms with Gasteiger partial charge < -0.3 is 19.8 Å². The smallest absolute Gasteiger partial charge is 0.237 e. The largest absolute Gasteiger partial charge is 0.480 e. The van der Waals surface area contributed by atoms with Gasteiger partial charge in [0.1, 0.15) is 17.5 Å². The van der Waals surface area contributed by atoms with Crippen LogP contribution in [0.3, 0.4) is 0 Å². The number of rotatable bonds is 12. The van der Waals surface area contributed by atoms with Crippen molar-refractivity contribution in [2.24, 2.45) is 5.92 Å². The number of carbonyl (C=O) groups excluding carboxylic acids is 2. The van der Waals surface area contributed by atoms with Gasteiger partial charge in [0.25, 0.3) is 0 Å². The molecular weight excluding hydrogens is 802 g/mol. The number of halogens is 1. The molecule has 0 radical (unpaired) electrons. The van der Waals surface area contributed by atoms with Crippen LogP contribution in [0.1, 0.15) is 73.4 Å². The molecule has 0 unspecified atom stereocenters. The van der Waals surface area contributed by atoms with Gasteiger partial charge in [-0.3, -0.25) is 24.2 Å². The Morgan fingerprint density at radius 1 is 1.10 bits per heavy atom. The van der Waals surface area contributed by atoms with Gasteiger partial charge in [-0.1, -0.05) is 41.9 Å². The fourth-order valence-electron chi connectivity index (χ4n) is 9.29. The van der Waals surface area contributed by atoms with Crippen LogP contribution >= 0.6 is 11.6 Å². The van der Waals surface area contributed by atoms with E-state index in [9.17, 15) is 23.3 Å². The van der Waals surface area contributed by atoms with Gasteiger partial charge >= 0.3 is 0 Å². The van der Waals surface area contributed by atoms with Crippen molar-refractivity contribution in [3.05, 3.63) is 87.7 Å². The molecule has 3 atom stereocenters. The van der Waals surface area contributed by atoms with Crippen molar-refractivity contribution in [1.82, 2.24) is 30.2 Å². The predicted molar refractivity (Wildman–Crippen MR) is 227 cm³/mol. The number of amides is 2. The van der Waals surface area contributed by atoms with E-state index in [1.807, 2.05) is 49.4 Å². The summed E-state index contributed by atoms with van der Waals surface area (Å²) in [6.45, 7) is 6.33. The number of hydrogen-bond donors (Lipinski definition) is 3. The van der Waals surface area contributed by atoms with Crippen molar-refractivity contribution in [2.75, 3.05) is 26.7 Å². The Labute approximate surface area is 353 Å². The van der Waals surface area contributed by atoms with Crippen LogP contribution in [0.25, 0.3) is 44.7 Å². The summed E-state index contributed by atoms with van der Waals surface area (Å²) in [7, 11) is -2.04. The maximum Gasteiger partial charge on any atom is 0.237 e. The molecule has 3 fully saturated rings. The van der Waals surface area contributed by atoms with E-state index < -0.39 is 32.6 Å². The molecule has 9 rings (SSSR count). The molecule has 3 aromatic carbocycles. The maximum atomic E-state index is 13.1. The first-order chi connectivity index (χ1) is 28.9. The fourth-order valence-corrected chi connectivity index (χ4v) is 11.0. The summed E-state index contributed by atoms with van der Waals surface area (Å²) in [5, 5.41) is 17.7. The van der Waals surface area contributed by atoms with Crippen LogP contribution < -0.4 is 20.1 Å². The number of likely N-dealkylation sites (tertiary alicyclic amines) is 1. The second-order valence-corrected chi connectivity index (χ2v) is 19.0. The number of benzene rings is 3. The zero-order chi connectivity index (χ0) is 41.9. The molecule has 2 aliphatic heterocycles. The summed E-state index contributed by atoms with van der Waals surface area (Å²) in [6, 6.07) is 18.4. The molecule has 4 aliphatic rings. The van der Waals surface area contributed by atoms with Crippen LogP contribution in [0.5, 0.6) is 5.88 Å². The average Bonchev–Trinajstić information content (AvgIpc) is 3.49. The van der Waals surface area contributed by atoms with Gasteiger partial charge in [-0.25, -0.2) is 13.4 Å². The molecule has 0 bridgehead atoms. The number of aromatic nitrogens is 2. The highest BCUT2D eigenvalue weighted by Crippen LogP contribution is 2.48. The molecule has 2 aromatic heterocycles. The number of sulfonamides is 1. The molecule has 4 heterocycles. The number of nitriles is 1. The van der Waals surface area contributed by atoms with Gasteiger partial charge in [-0.05, 0) is 99.4 Å². The summed E-state index contributed by atoms with van der Waals surface area (Å²) in [5.74, 6) is 0.177. The van der Waals surface area contributed by atoms with E-state index in [-0.39, 0.29) is 11.9 Å². The van der Waals surface area contributed by atoms with E-state index in [1.165, 1.54) is 0 Å². The lowest BCUT2D eigenvalue weighted by molar-refractivity contribution is -0.123. The number of carbonyl (C=O) groups is 2. The zero-order valence-corrected chi connectivity index (χ0v) is 35.3. The lowest BCUT2D eigenvalue weighted by Gasteiger charge is -2.36. The van der Waals surface area contributed by atoms with Crippen LogP contribution in [0.15, 0.2) is 59.1 Å². The highest BCUT2D eigenvalue weighted by Gasteiger charge is 2.46. The minimum Gasteiger partial charge on any atom is -0.480 e. The van der Waals surface area contributed by atoms with Gasteiger partial charge in [-0.2, -0.15) is 5.26 Å². The molecule has 3 N–H and O–H groups in total. The molecular formula is C45H46ClN7O6S. The first-order valence-electron chi connectivity index (χ1n) is 20.5. The Morgan fingerprint density at radius 3 is 2.60 bits per heavy atom. The van der Waals surface area contributed by atoms with Crippen LogP contribution in [0.2, 0.25) is 5.02 Å². The standard InChI is InChI=1S/C45H46ClN7O6S/c1-25-30(6-4-7-31(25)37-23-49-38(44(51-37)58-3)22-48-21-28-10-13-40(54)50-28)33-8-5-9-34(41(33)46)39-19-27-18-36-32(35(20-47)42(27)59-39)14-16-45(36,2)53-17-15-26(24-53)43(55)52-60(56,57)29-11-12-29/h4-9,18-19,23,26,28-29,48H,10-17,21-22,24H2,1-3H3,(H,50,54)(H,52,55)/t26-,28+,45-/m1/s1. The summed E-state index contributed by atoms with van der Waals surface area (Å²) in [5.41, 5.74) is 8.09. The number of methoxy groups -OCH3 is 1. The van der Waals surface area contributed by atoms with Crippen molar-refractivity contribution in [1.29, 1.82) is 5.26 Å². The molecule has 2 saturated heterocycles. The number of fused-ring (bicyclic) bond motifs is 2. The van der Waals surface area contributed by atoms with E-state index in [1.54, 1.807) is 13.3 Å². The van der Waals surface area contributed by atoms with E-state index in [0.717, 1.165) is 51.6 Å². The van der Waals surface area contributed by atoms with Crippen molar-refractivity contribution in [3.63, 3.8) is 0 Å². The zero-order valence-electron chi connectivity index (χ0n) is 33.7. The monoisotopic (exact) mass is 847 g/mol. The van der Waals surface area contributed by atoms with Crippen LogP contribution in [0, 0.1) is 24.2 Å². The first kappa shape index (κ1) is 40.1. The van der Waals surface area contributed by atoms with Crippen molar-refractivity contribution >= 4 is 44.4 Å². The Balaban J connectivity index is 0.978. The Kier molecular flexibility index (Phi) is 10.4. The predicted octanol–water partition coefficient (Wildman–Crippen LogP) is 6.53. The number of ether oxygens (including phenoxy) is 1. The normalized spacial score (nSPS) is 21.6. The highest BCUT2D eigenvalue weighted by molar-refractivity contribution is 7.90. The van der Waals surface area contributed by atoms with Gasteiger partial charge in [0.05, 0.1) is 40.8 Å². The number of hydrogen-bond acceptors (Lipinski definition) is 11. The second kappa shape index (κ2) is 15.6. The number of furan rings is 1. The third kappa shape index (κ3) is 7.21. The minimum absolute atomic E-state index is 0.0790. The third-order valence-electron chi connectivity index (χ3n) is 12.9. The minimum atomic E-state index is -3.62. The van der Waals surface area contributed by atoms with Crippen LogP contribution in [-0.2, 0) is 38.1 Å². The summed E-state index contributed by atoms with van der Waals surface area (Å²) < 4.78 is 39.5. The van der Waals surface area contributed by atoms with Crippen molar-refractivity contribution < 1.29 is 27.2 Å². The molecule has 1 saturated carbocycles. The molecule has 2 amide bonds. The highest BCUT2D eigenvalue weighted by atomic mass is 35.5. The van der Waals surface area contributed by atoms with Crippen LogP contribution in [0.4, 0.5) is 0 Å². The maximum absolute atomic E-state index is 13.1. The van der Waals surface area contributed by atoms with Gasteiger partial charge in [0.2, 0.25) is 27.7 Å². The summed E-state index contributed by atoms with van der Waals surface area (Å²) in [4.78, 5) is 36.4. The lowest BCUT2D eigenvalue weighted by Crippen LogP contribution is -2.43. The number of nitrogens with one attached hydrogen (secondary N) is 3. The Bertz CT molecular complexity index is 2730. The van der Waals surface area contributed by atoms with Crippen LogP contribution in [-0.4, -0.2) is 73.1 Å². The fraction of sp³-hybridized carbons (Fsp3) is 0.400. The SMILES string of the molecule is COc1nc(-c2cccc(-c3cccc(-c4cc5cc6c(c(C#N)c5o4)CC[C@@]6(C)N4CC[C@@H](C(=O)NS(=O)(=O)C5CC5)C4)c3Cl)c2C)cnc1CNC[C@@H]1CCC(=O)N1. The summed E-state index contributed by atoms with van der Waals surface area (Å²) in [6.07, 6.45) is 6.29. The van der Waals surface area contributed by atoms with Gasteiger partial charge in [0, 0.05) is 59.7 Å². The van der Waals surface area contributed by atoms with Gasteiger partial charge in [-0.15, -0.1) is 0 Å². The third-order valence-corrected chi connectivity index (χ3v) is 15.1. The Morgan fingerprint density at radius 2 is 1.87 bits per heavy atom. The van der Waals surface area contributed by atoms with Crippen molar-refractivity contribution in [2.45, 2.75) is 82.2 Å². The van der Waals surface area contributed by atoms with Gasteiger partial charge in [0.15, 0.2) is 5.58 Å². The first-order valence-corrected chi connectivity index (χ1v) is 22.4. The molecule has 60 heavy (non-hydrogen) atoms. The van der Waals surface area contributed by atoms with E-state index in [4.69, 9.17) is 30.7 Å². The number of nitrogens with zero attached hydrogens (tertiary/aromatic N) is 4. The molecule has 15 heteroatoms. The molecule has 2 aliphatic carbocycles. The topological polar surface area (TPSA) is 180 Å².